The van der Waals surface area contributed by atoms with E-state index in [1.807, 2.05) is 30.3 Å². The average Bonchev–Trinajstić information content (AvgIpc) is 2.83. The van der Waals surface area contributed by atoms with Crippen LogP contribution >= 0.6 is 11.6 Å². The second-order valence-corrected chi connectivity index (χ2v) is 4.96. The van der Waals surface area contributed by atoms with Gasteiger partial charge in [-0.25, -0.2) is 9.59 Å². The summed E-state index contributed by atoms with van der Waals surface area (Å²) in [5.41, 5.74) is 4.41. The Balaban J connectivity index is 1.81. The van der Waals surface area contributed by atoms with E-state index in [1.54, 1.807) is 0 Å². The summed E-state index contributed by atoms with van der Waals surface area (Å²) < 4.78 is 9.02. The number of carbonyl (C=O) groups is 2. The first-order chi connectivity index (χ1) is 10.1. The Hall–Kier alpha value is -2.33. The van der Waals surface area contributed by atoms with Gasteiger partial charge in [0.05, 0.1) is 0 Å². The average molecular weight is 303 g/mol. The van der Waals surface area contributed by atoms with E-state index in [9.17, 15) is 9.59 Å². The molecule has 0 spiro atoms. The Kier molecular flexibility index (Phi) is 3.62. The molecule has 0 radical (unpaired) electrons. The van der Waals surface area contributed by atoms with Gasteiger partial charge in [0.2, 0.25) is 0 Å². The molecule has 106 valence electrons. The van der Waals surface area contributed by atoms with Gasteiger partial charge in [-0.2, -0.15) is 0 Å². The van der Waals surface area contributed by atoms with Crippen molar-refractivity contribution in [3.05, 3.63) is 59.2 Å². The zero-order valence-electron chi connectivity index (χ0n) is 11.0. The van der Waals surface area contributed by atoms with Gasteiger partial charge in [0.25, 0.3) is 0 Å². The summed E-state index contributed by atoms with van der Waals surface area (Å²) in [5.74, 6) is 0. The van der Waals surface area contributed by atoms with Gasteiger partial charge in [0.1, 0.15) is 6.61 Å². The van der Waals surface area contributed by atoms with E-state index < -0.39 is 11.6 Å². The van der Waals surface area contributed by atoms with E-state index in [0.717, 1.165) is 23.1 Å². The first-order valence-corrected chi connectivity index (χ1v) is 6.76. The molecule has 5 heteroatoms. The first-order valence-electron chi connectivity index (χ1n) is 6.38. The van der Waals surface area contributed by atoms with Crippen LogP contribution < -0.4 is 0 Å². The summed E-state index contributed by atoms with van der Waals surface area (Å²) in [6.07, 6.45) is -0.294. The standard InChI is InChI=1S/C16H11ClO4/c17-15(18)21-16(19)20-9-11-5-3-7-13-12-6-2-1-4-10(12)8-14(11)13/h1-7H,8-9H2. The fourth-order valence-electron chi connectivity index (χ4n) is 2.59. The van der Waals surface area contributed by atoms with E-state index in [-0.39, 0.29) is 6.61 Å². The number of halogens is 1. The van der Waals surface area contributed by atoms with Crippen LogP contribution in [0.4, 0.5) is 9.59 Å². The molecule has 0 atom stereocenters. The smallest absolute Gasteiger partial charge is 0.429 e. The predicted octanol–water partition coefficient (Wildman–Crippen LogP) is 4.27. The highest BCUT2D eigenvalue weighted by Crippen LogP contribution is 2.38. The highest BCUT2D eigenvalue weighted by molar-refractivity contribution is 6.61. The Morgan fingerprint density at radius 1 is 1.05 bits per heavy atom. The minimum atomic E-state index is -1.20. The summed E-state index contributed by atoms with van der Waals surface area (Å²) in [4.78, 5) is 21.6. The summed E-state index contributed by atoms with van der Waals surface area (Å²) in [6.45, 7) is 0.0418. The third-order valence-electron chi connectivity index (χ3n) is 3.46. The van der Waals surface area contributed by atoms with Crippen molar-refractivity contribution in [2.75, 3.05) is 0 Å². The zero-order chi connectivity index (χ0) is 14.8. The molecule has 0 fully saturated rings. The molecule has 2 aromatic rings. The van der Waals surface area contributed by atoms with Gasteiger partial charge in [-0.3, -0.25) is 0 Å². The monoisotopic (exact) mass is 302 g/mol. The van der Waals surface area contributed by atoms with Crippen LogP contribution in [0.15, 0.2) is 42.5 Å². The largest absolute Gasteiger partial charge is 0.517 e. The maximum absolute atomic E-state index is 11.2. The molecule has 1 aliphatic carbocycles. The number of hydrogen-bond acceptors (Lipinski definition) is 4. The maximum Gasteiger partial charge on any atom is 0.517 e. The van der Waals surface area contributed by atoms with Crippen LogP contribution in [0.2, 0.25) is 0 Å². The molecule has 0 aliphatic heterocycles. The van der Waals surface area contributed by atoms with Crippen molar-refractivity contribution in [3.63, 3.8) is 0 Å². The third-order valence-corrected chi connectivity index (χ3v) is 3.53. The minimum Gasteiger partial charge on any atom is -0.429 e. The molecule has 0 bridgehead atoms. The molecule has 3 rings (SSSR count). The topological polar surface area (TPSA) is 52.6 Å². The SMILES string of the molecule is O=C(Cl)OC(=O)OCc1cccc2c1Cc1ccccc1-2. The lowest BCUT2D eigenvalue weighted by atomic mass is 10.0. The van der Waals surface area contributed by atoms with Crippen molar-refractivity contribution < 1.29 is 19.1 Å². The van der Waals surface area contributed by atoms with E-state index in [0.29, 0.717) is 0 Å². The molecule has 0 unspecified atom stereocenters. The fraction of sp³-hybridized carbons (Fsp3) is 0.125. The summed E-state index contributed by atoms with van der Waals surface area (Å²) in [5, 5.41) is 0. The van der Waals surface area contributed by atoms with Gasteiger partial charge in [-0.1, -0.05) is 42.5 Å². The minimum absolute atomic E-state index is 0.0418. The third kappa shape index (κ3) is 2.76. The fourth-order valence-corrected chi connectivity index (χ4v) is 2.65. The highest BCUT2D eigenvalue weighted by Gasteiger charge is 2.21. The van der Waals surface area contributed by atoms with Crippen LogP contribution in [0.3, 0.4) is 0 Å². The van der Waals surface area contributed by atoms with Crippen molar-refractivity contribution in [1.29, 1.82) is 0 Å². The molecule has 0 aromatic heterocycles. The molecule has 1 aliphatic rings. The zero-order valence-corrected chi connectivity index (χ0v) is 11.7. The van der Waals surface area contributed by atoms with Crippen LogP contribution in [0.1, 0.15) is 16.7 Å². The molecule has 0 saturated heterocycles. The van der Waals surface area contributed by atoms with E-state index in [2.05, 4.69) is 16.9 Å². The van der Waals surface area contributed by atoms with Crippen LogP contribution in [0, 0.1) is 0 Å². The second kappa shape index (κ2) is 5.58. The number of benzene rings is 2. The molecule has 21 heavy (non-hydrogen) atoms. The second-order valence-electron chi connectivity index (χ2n) is 4.66. The van der Waals surface area contributed by atoms with E-state index in [1.165, 1.54) is 11.1 Å². The summed E-state index contributed by atoms with van der Waals surface area (Å²) >= 11 is 4.95. The normalized spacial score (nSPS) is 11.5. The Bertz CT molecular complexity index is 724. The lowest BCUT2D eigenvalue weighted by Gasteiger charge is -2.08. The van der Waals surface area contributed by atoms with Crippen LogP contribution in [0.25, 0.3) is 11.1 Å². The van der Waals surface area contributed by atoms with Gasteiger partial charge in [0, 0.05) is 11.6 Å². The lowest BCUT2D eigenvalue weighted by molar-refractivity contribution is 0.0772. The van der Waals surface area contributed by atoms with E-state index >= 15 is 0 Å². The molecule has 0 amide bonds. The number of carbonyl (C=O) groups excluding carboxylic acids is 2. The van der Waals surface area contributed by atoms with Crippen molar-refractivity contribution in [2.24, 2.45) is 0 Å². The molecule has 0 N–H and O–H groups in total. The number of ether oxygens (including phenoxy) is 2. The molecule has 2 aromatic carbocycles. The van der Waals surface area contributed by atoms with Gasteiger partial charge < -0.3 is 9.47 Å². The Labute approximate surface area is 126 Å². The van der Waals surface area contributed by atoms with Gasteiger partial charge in [-0.05, 0) is 34.2 Å². The molecular weight excluding hydrogens is 292 g/mol. The maximum atomic E-state index is 11.2. The van der Waals surface area contributed by atoms with Crippen molar-refractivity contribution in [1.82, 2.24) is 0 Å². The van der Waals surface area contributed by atoms with Crippen LogP contribution in [0.5, 0.6) is 0 Å². The van der Waals surface area contributed by atoms with Crippen molar-refractivity contribution in [3.8, 4) is 11.1 Å². The molecule has 4 nitrogen and oxygen atoms in total. The van der Waals surface area contributed by atoms with Gasteiger partial charge >= 0.3 is 11.6 Å². The van der Waals surface area contributed by atoms with Crippen molar-refractivity contribution in [2.45, 2.75) is 13.0 Å². The number of rotatable bonds is 2. The van der Waals surface area contributed by atoms with Gasteiger partial charge in [-0.15, -0.1) is 0 Å². The number of fused-ring (bicyclic) bond motifs is 3. The highest BCUT2D eigenvalue weighted by atomic mass is 35.5. The van der Waals surface area contributed by atoms with Crippen LogP contribution in [-0.2, 0) is 22.5 Å². The Morgan fingerprint density at radius 2 is 1.81 bits per heavy atom. The molecular formula is C16H11ClO4. The number of hydrogen-bond donors (Lipinski definition) is 0. The molecule has 0 heterocycles. The Morgan fingerprint density at radius 3 is 2.62 bits per heavy atom. The van der Waals surface area contributed by atoms with E-state index in [4.69, 9.17) is 16.3 Å². The predicted molar refractivity (Wildman–Crippen MR) is 77.2 cm³/mol. The lowest BCUT2D eigenvalue weighted by Crippen LogP contribution is -2.09. The quantitative estimate of drug-likeness (QED) is 0.403. The van der Waals surface area contributed by atoms with Crippen LogP contribution in [-0.4, -0.2) is 11.6 Å². The summed E-state index contributed by atoms with van der Waals surface area (Å²) in [7, 11) is 0. The van der Waals surface area contributed by atoms with Crippen molar-refractivity contribution >= 4 is 23.2 Å². The van der Waals surface area contributed by atoms with Gasteiger partial charge in [0.15, 0.2) is 0 Å². The summed E-state index contributed by atoms with van der Waals surface area (Å²) in [6, 6.07) is 14.0. The first kappa shape index (κ1) is 13.6. The molecule has 0 saturated carbocycles.